The summed E-state index contributed by atoms with van der Waals surface area (Å²) in [4.78, 5) is 0. The summed E-state index contributed by atoms with van der Waals surface area (Å²) in [5.41, 5.74) is 7.57. The van der Waals surface area contributed by atoms with Crippen LogP contribution in [-0.4, -0.2) is 7.11 Å². The quantitative estimate of drug-likeness (QED) is 0.654. The first-order chi connectivity index (χ1) is 10.0. The Morgan fingerprint density at radius 1 is 1.14 bits per heavy atom. The molecule has 21 heavy (non-hydrogen) atoms. The predicted molar refractivity (Wildman–Crippen MR) is 87.7 cm³/mol. The lowest BCUT2D eigenvalue weighted by Crippen LogP contribution is -2.30. The molecule has 0 bridgehead atoms. The van der Waals surface area contributed by atoms with Gasteiger partial charge in [-0.15, -0.1) is 0 Å². The molecule has 0 amide bonds. The Kier molecular flexibility index (Phi) is 5.23. The highest BCUT2D eigenvalue weighted by molar-refractivity contribution is 6.30. The molecule has 0 aliphatic heterocycles. The molecule has 1 unspecified atom stereocenters. The molecule has 0 aliphatic rings. The van der Waals surface area contributed by atoms with Crippen molar-refractivity contribution in [1.29, 1.82) is 0 Å². The summed E-state index contributed by atoms with van der Waals surface area (Å²) in [5, 5.41) is 0.673. The molecular formula is C17H21ClN2O. The second-order valence-electron chi connectivity index (χ2n) is 5.31. The fourth-order valence-electron chi connectivity index (χ4n) is 2.66. The topological polar surface area (TPSA) is 47.3 Å². The lowest BCUT2D eigenvalue weighted by molar-refractivity contribution is 0.399. The van der Waals surface area contributed by atoms with Gasteiger partial charge >= 0.3 is 0 Å². The van der Waals surface area contributed by atoms with Gasteiger partial charge in [0.15, 0.2) is 0 Å². The number of ether oxygens (including phenoxy) is 1. The van der Waals surface area contributed by atoms with Gasteiger partial charge < -0.3 is 4.74 Å². The van der Waals surface area contributed by atoms with Crippen LogP contribution in [0.1, 0.15) is 28.3 Å². The Hall–Kier alpha value is -1.55. The van der Waals surface area contributed by atoms with Gasteiger partial charge in [0.25, 0.3) is 0 Å². The lowest BCUT2D eigenvalue weighted by Gasteiger charge is -2.20. The van der Waals surface area contributed by atoms with Crippen molar-refractivity contribution < 1.29 is 4.74 Å². The number of nitrogens with two attached hydrogens (primary N) is 1. The minimum atomic E-state index is -0.0557. The van der Waals surface area contributed by atoms with E-state index in [1.54, 1.807) is 7.11 Å². The largest absolute Gasteiger partial charge is 0.496 e. The normalized spacial score (nSPS) is 12.2. The van der Waals surface area contributed by atoms with Crippen LogP contribution < -0.4 is 16.0 Å². The Morgan fingerprint density at radius 3 is 2.38 bits per heavy atom. The number of aryl methyl sites for hydroxylation is 2. The van der Waals surface area contributed by atoms with Gasteiger partial charge in [0.1, 0.15) is 5.75 Å². The zero-order chi connectivity index (χ0) is 15.4. The van der Waals surface area contributed by atoms with Gasteiger partial charge in [-0.2, -0.15) is 0 Å². The Labute approximate surface area is 131 Å². The van der Waals surface area contributed by atoms with E-state index in [9.17, 15) is 0 Å². The molecule has 0 spiro atoms. The van der Waals surface area contributed by atoms with E-state index in [4.69, 9.17) is 22.2 Å². The molecule has 0 heterocycles. The second kappa shape index (κ2) is 6.94. The fraction of sp³-hybridized carbons (Fsp3) is 0.294. The summed E-state index contributed by atoms with van der Waals surface area (Å²) < 4.78 is 5.41. The summed E-state index contributed by atoms with van der Waals surface area (Å²) in [6.45, 7) is 4.20. The van der Waals surface area contributed by atoms with Gasteiger partial charge in [-0.1, -0.05) is 40.9 Å². The van der Waals surface area contributed by atoms with E-state index in [-0.39, 0.29) is 6.04 Å². The SMILES string of the molecule is COc1ccc(Cl)cc1C(Cc1cc(C)cc(C)c1)NN. The molecule has 0 aromatic heterocycles. The van der Waals surface area contributed by atoms with Crippen molar-refractivity contribution in [3.63, 3.8) is 0 Å². The molecule has 3 N–H and O–H groups in total. The third kappa shape index (κ3) is 3.97. The third-order valence-corrected chi connectivity index (χ3v) is 3.72. The first-order valence-electron chi connectivity index (χ1n) is 6.90. The Bertz CT molecular complexity index is 608. The van der Waals surface area contributed by atoms with Crippen LogP contribution in [0.4, 0.5) is 0 Å². The molecule has 0 aliphatic carbocycles. The maximum Gasteiger partial charge on any atom is 0.123 e. The minimum Gasteiger partial charge on any atom is -0.496 e. The zero-order valence-corrected chi connectivity index (χ0v) is 13.4. The van der Waals surface area contributed by atoms with E-state index in [0.29, 0.717) is 5.02 Å². The molecule has 2 aromatic rings. The maximum atomic E-state index is 6.10. The van der Waals surface area contributed by atoms with Crippen molar-refractivity contribution in [2.45, 2.75) is 26.3 Å². The summed E-state index contributed by atoms with van der Waals surface area (Å²) in [6.07, 6.45) is 0.774. The van der Waals surface area contributed by atoms with E-state index in [2.05, 4.69) is 37.5 Å². The fourth-order valence-corrected chi connectivity index (χ4v) is 2.84. The first-order valence-corrected chi connectivity index (χ1v) is 7.28. The Morgan fingerprint density at radius 2 is 1.81 bits per heavy atom. The smallest absolute Gasteiger partial charge is 0.123 e. The van der Waals surface area contributed by atoms with Crippen molar-refractivity contribution in [2.24, 2.45) is 5.84 Å². The van der Waals surface area contributed by atoms with Gasteiger partial charge in [-0.25, -0.2) is 0 Å². The highest BCUT2D eigenvalue weighted by Gasteiger charge is 2.16. The van der Waals surface area contributed by atoms with Gasteiger partial charge in [0, 0.05) is 10.6 Å². The van der Waals surface area contributed by atoms with E-state index in [1.165, 1.54) is 16.7 Å². The highest BCUT2D eigenvalue weighted by atomic mass is 35.5. The molecule has 0 radical (unpaired) electrons. The van der Waals surface area contributed by atoms with Crippen molar-refractivity contribution in [3.05, 3.63) is 63.7 Å². The van der Waals surface area contributed by atoms with Gasteiger partial charge in [0.05, 0.1) is 13.2 Å². The van der Waals surface area contributed by atoms with Crippen LogP contribution in [-0.2, 0) is 6.42 Å². The molecular weight excluding hydrogens is 284 g/mol. The molecule has 0 fully saturated rings. The average Bonchev–Trinajstić information content (AvgIpc) is 2.43. The number of hydrogen-bond acceptors (Lipinski definition) is 3. The molecule has 1 atom stereocenters. The first kappa shape index (κ1) is 15.8. The minimum absolute atomic E-state index is 0.0557. The number of methoxy groups -OCH3 is 1. The van der Waals surface area contributed by atoms with Crippen LogP contribution in [0.3, 0.4) is 0 Å². The van der Waals surface area contributed by atoms with Crippen LogP contribution in [0.2, 0.25) is 5.02 Å². The molecule has 2 aromatic carbocycles. The van der Waals surface area contributed by atoms with Crippen molar-refractivity contribution >= 4 is 11.6 Å². The summed E-state index contributed by atoms with van der Waals surface area (Å²) in [6, 6.07) is 12.0. The molecule has 4 heteroatoms. The van der Waals surface area contributed by atoms with Gasteiger partial charge in [-0.05, 0) is 44.0 Å². The van der Waals surface area contributed by atoms with Crippen LogP contribution >= 0.6 is 11.6 Å². The molecule has 0 saturated heterocycles. The monoisotopic (exact) mass is 304 g/mol. The number of hydrazine groups is 1. The number of rotatable bonds is 5. The number of halogens is 1. The molecule has 2 rings (SSSR count). The summed E-state index contributed by atoms with van der Waals surface area (Å²) in [5.74, 6) is 6.54. The van der Waals surface area contributed by atoms with Crippen LogP contribution in [0, 0.1) is 13.8 Å². The van der Waals surface area contributed by atoms with Crippen LogP contribution in [0.5, 0.6) is 5.75 Å². The van der Waals surface area contributed by atoms with Crippen molar-refractivity contribution in [1.82, 2.24) is 5.43 Å². The third-order valence-electron chi connectivity index (χ3n) is 3.49. The summed E-state index contributed by atoms with van der Waals surface area (Å²) >= 11 is 6.10. The van der Waals surface area contributed by atoms with Crippen molar-refractivity contribution in [2.75, 3.05) is 7.11 Å². The van der Waals surface area contributed by atoms with Crippen LogP contribution in [0.15, 0.2) is 36.4 Å². The molecule has 112 valence electrons. The molecule has 3 nitrogen and oxygen atoms in total. The van der Waals surface area contributed by atoms with Crippen LogP contribution in [0.25, 0.3) is 0 Å². The second-order valence-corrected chi connectivity index (χ2v) is 5.74. The number of hydrogen-bond donors (Lipinski definition) is 2. The highest BCUT2D eigenvalue weighted by Crippen LogP contribution is 2.30. The average molecular weight is 305 g/mol. The number of benzene rings is 2. The van der Waals surface area contributed by atoms with Gasteiger partial charge in [0.2, 0.25) is 0 Å². The summed E-state index contributed by atoms with van der Waals surface area (Å²) in [7, 11) is 1.65. The number of nitrogens with one attached hydrogen (secondary N) is 1. The van der Waals surface area contributed by atoms with Gasteiger partial charge in [-0.3, -0.25) is 11.3 Å². The predicted octanol–water partition coefficient (Wildman–Crippen LogP) is 3.71. The van der Waals surface area contributed by atoms with E-state index < -0.39 is 0 Å². The lowest BCUT2D eigenvalue weighted by atomic mass is 9.96. The van der Waals surface area contributed by atoms with E-state index in [0.717, 1.165) is 17.7 Å². The van der Waals surface area contributed by atoms with E-state index >= 15 is 0 Å². The molecule has 0 saturated carbocycles. The van der Waals surface area contributed by atoms with E-state index in [1.807, 2.05) is 18.2 Å². The van der Waals surface area contributed by atoms with Crippen molar-refractivity contribution in [3.8, 4) is 5.75 Å². The zero-order valence-electron chi connectivity index (χ0n) is 12.6. The Balaban J connectivity index is 2.33. The maximum absolute atomic E-state index is 6.10. The standard InChI is InChI=1S/C17H21ClN2O/c1-11-6-12(2)8-13(7-11)9-16(20-19)15-10-14(18)4-5-17(15)21-3/h4-8,10,16,20H,9,19H2,1-3H3.